The fraction of sp³-hybridized carbons (Fsp3) is 0.200. The number of hydrogen-bond acceptors (Lipinski definition) is 5. The Morgan fingerprint density at radius 2 is 1.87 bits per heavy atom. The predicted molar refractivity (Wildman–Crippen MR) is 83.3 cm³/mol. The molecule has 0 fully saturated rings. The number of aryl methyl sites for hydroxylation is 1. The number of sulfonamides is 1. The van der Waals surface area contributed by atoms with Crippen molar-refractivity contribution in [2.24, 2.45) is 0 Å². The van der Waals surface area contributed by atoms with Crippen LogP contribution in [0.15, 0.2) is 41.3 Å². The molecular weight excluding hydrogens is 320 g/mol. The van der Waals surface area contributed by atoms with E-state index in [-0.39, 0.29) is 22.9 Å². The molecule has 0 saturated heterocycles. The molecule has 0 saturated carbocycles. The summed E-state index contributed by atoms with van der Waals surface area (Å²) >= 11 is 0. The van der Waals surface area contributed by atoms with E-state index in [9.17, 15) is 18.7 Å². The molecule has 0 aromatic heterocycles. The van der Waals surface area contributed by atoms with Gasteiger partial charge in [-0.15, -0.1) is 0 Å². The standard InChI is InChI=1S/C15H16N2O5S/c1-10-2-4-12(5-3-10)23(21,22)16-7-6-11-8-15(18)14(17(19)20)9-13(11)16/h2-5,8-9,17-19H,6-7H2,1H3. The Morgan fingerprint density at radius 3 is 2.48 bits per heavy atom. The van der Waals surface area contributed by atoms with E-state index in [2.05, 4.69) is 0 Å². The van der Waals surface area contributed by atoms with Crippen LogP contribution < -0.4 is 9.53 Å². The van der Waals surface area contributed by atoms with E-state index >= 15 is 0 Å². The summed E-state index contributed by atoms with van der Waals surface area (Å²) in [5.41, 5.74) is 1.56. The van der Waals surface area contributed by atoms with Crippen LogP contribution in [0.2, 0.25) is 0 Å². The molecule has 7 nitrogen and oxygen atoms in total. The molecule has 1 aliphatic heterocycles. The minimum atomic E-state index is -3.77. The number of phenols is 1. The van der Waals surface area contributed by atoms with Crippen LogP contribution in [0.3, 0.4) is 0 Å². The number of benzene rings is 2. The lowest BCUT2D eigenvalue weighted by atomic mass is 10.1. The van der Waals surface area contributed by atoms with Gasteiger partial charge in [-0.05, 0) is 37.1 Å². The molecule has 1 unspecified atom stereocenters. The zero-order chi connectivity index (χ0) is 16.8. The maximum atomic E-state index is 12.8. The lowest BCUT2D eigenvalue weighted by Gasteiger charge is -2.21. The van der Waals surface area contributed by atoms with Crippen molar-refractivity contribution in [1.82, 2.24) is 0 Å². The molecule has 0 aliphatic carbocycles. The molecule has 3 rings (SSSR count). The highest BCUT2D eigenvalue weighted by Crippen LogP contribution is 2.38. The Labute approximate surface area is 133 Å². The van der Waals surface area contributed by atoms with Gasteiger partial charge in [0.2, 0.25) is 5.69 Å². The minimum Gasteiger partial charge on any atom is -0.595 e. The third-order valence-corrected chi connectivity index (χ3v) is 5.72. The number of nitrogens with one attached hydrogen (secondary N) is 1. The second-order valence-electron chi connectivity index (χ2n) is 5.44. The molecule has 23 heavy (non-hydrogen) atoms. The van der Waals surface area contributed by atoms with Crippen molar-refractivity contribution in [2.75, 3.05) is 10.8 Å². The van der Waals surface area contributed by atoms with Crippen LogP contribution >= 0.6 is 0 Å². The van der Waals surface area contributed by atoms with Gasteiger partial charge in [-0.25, -0.2) is 13.6 Å². The van der Waals surface area contributed by atoms with Gasteiger partial charge in [-0.2, -0.15) is 5.23 Å². The van der Waals surface area contributed by atoms with Gasteiger partial charge < -0.3 is 10.3 Å². The quantitative estimate of drug-likeness (QED) is 0.569. The summed E-state index contributed by atoms with van der Waals surface area (Å²) in [6, 6.07) is 9.02. The van der Waals surface area contributed by atoms with Crippen molar-refractivity contribution in [2.45, 2.75) is 18.2 Å². The summed E-state index contributed by atoms with van der Waals surface area (Å²) < 4.78 is 26.8. The molecule has 0 radical (unpaired) electrons. The van der Waals surface area contributed by atoms with Crippen molar-refractivity contribution in [1.29, 1.82) is 0 Å². The molecule has 1 atom stereocenters. The summed E-state index contributed by atoms with van der Waals surface area (Å²) in [5, 5.41) is 28.7. The molecule has 1 heterocycles. The molecule has 122 valence electrons. The average molecular weight is 336 g/mol. The van der Waals surface area contributed by atoms with E-state index in [1.165, 1.54) is 28.6 Å². The molecular formula is C15H16N2O5S. The largest absolute Gasteiger partial charge is 0.595 e. The maximum absolute atomic E-state index is 12.8. The molecule has 0 amide bonds. The lowest BCUT2D eigenvalue weighted by Crippen LogP contribution is -2.99. The van der Waals surface area contributed by atoms with Gasteiger partial charge in [0.15, 0.2) is 5.75 Å². The third kappa shape index (κ3) is 2.66. The van der Waals surface area contributed by atoms with Crippen LogP contribution in [-0.2, 0) is 16.4 Å². The Balaban J connectivity index is 2.08. The molecule has 1 aliphatic rings. The van der Waals surface area contributed by atoms with Crippen LogP contribution in [0.4, 0.5) is 11.4 Å². The van der Waals surface area contributed by atoms with E-state index in [1.54, 1.807) is 12.1 Å². The van der Waals surface area contributed by atoms with E-state index in [0.717, 1.165) is 5.56 Å². The van der Waals surface area contributed by atoms with E-state index in [4.69, 9.17) is 5.21 Å². The molecule has 2 aromatic rings. The van der Waals surface area contributed by atoms with Gasteiger partial charge >= 0.3 is 0 Å². The number of fused-ring (bicyclic) bond motifs is 1. The maximum Gasteiger partial charge on any atom is 0.264 e. The summed E-state index contributed by atoms with van der Waals surface area (Å²) in [6.45, 7) is 2.08. The minimum absolute atomic E-state index is 0.154. The van der Waals surface area contributed by atoms with Gasteiger partial charge in [0.1, 0.15) is 0 Å². The monoisotopic (exact) mass is 336 g/mol. The number of phenolic OH excluding ortho intramolecular Hbond substituents is 1. The average Bonchev–Trinajstić information content (AvgIpc) is 2.90. The fourth-order valence-corrected chi connectivity index (χ4v) is 4.15. The van der Waals surface area contributed by atoms with Crippen LogP contribution in [0.5, 0.6) is 5.75 Å². The third-order valence-electron chi connectivity index (χ3n) is 3.89. The predicted octanol–water partition coefficient (Wildman–Crippen LogP) is 0.855. The van der Waals surface area contributed by atoms with Crippen molar-refractivity contribution in [3.63, 3.8) is 0 Å². The summed E-state index contributed by atoms with van der Waals surface area (Å²) in [7, 11) is -3.77. The van der Waals surface area contributed by atoms with Crippen LogP contribution in [0, 0.1) is 12.1 Å². The second-order valence-corrected chi connectivity index (χ2v) is 7.31. The lowest BCUT2D eigenvalue weighted by molar-refractivity contribution is -0.991. The van der Waals surface area contributed by atoms with Crippen LogP contribution in [0.1, 0.15) is 11.1 Å². The van der Waals surface area contributed by atoms with Crippen molar-refractivity contribution in [3.05, 3.63) is 52.7 Å². The van der Waals surface area contributed by atoms with Gasteiger partial charge in [0.05, 0.1) is 10.6 Å². The van der Waals surface area contributed by atoms with Crippen molar-refractivity contribution in [3.8, 4) is 5.75 Å². The van der Waals surface area contributed by atoms with E-state index in [1.807, 2.05) is 6.92 Å². The van der Waals surface area contributed by atoms with Gasteiger partial charge in [0.25, 0.3) is 10.0 Å². The topological polar surface area (TPSA) is 105 Å². The number of aromatic hydroxyl groups is 1. The number of nitrogens with zero attached hydrogens (tertiary/aromatic N) is 1. The van der Waals surface area contributed by atoms with Crippen LogP contribution in [-0.4, -0.2) is 25.3 Å². The summed E-state index contributed by atoms with van der Waals surface area (Å²) in [4.78, 5) is 0.154. The number of quaternary nitrogens is 1. The molecule has 8 heteroatoms. The zero-order valence-electron chi connectivity index (χ0n) is 12.4. The van der Waals surface area contributed by atoms with Gasteiger partial charge in [-0.1, -0.05) is 17.7 Å². The molecule has 0 bridgehead atoms. The van der Waals surface area contributed by atoms with Gasteiger partial charge in [-0.3, -0.25) is 4.31 Å². The van der Waals surface area contributed by atoms with Gasteiger partial charge in [0, 0.05) is 12.6 Å². The first kappa shape index (κ1) is 15.8. The number of anilines is 1. The first-order chi connectivity index (χ1) is 10.8. The highest BCUT2D eigenvalue weighted by Gasteiger charge is 2.32. The zero-order valence-corrected chi connectivity index (χ0v) is 13.2. The fourth-order valence-electron chi connectivity index (χ4n) is 2.65. The normalized spacial score (nSPS) is 15.5. The Morgan fingerprint density at radius 1 is 1.22 bits per heavy atom. The first-order valence-electron chi connectivity index (χ1n) is 6.99. The molecule has 2 aromatic carbocycles. The van der Waals surface area contributed by atoms with Crippen molar-refractivity contribution >= 4 is 21.4 Å². The smallest absolute Gasteiger partial charge is 0.264 e. The molecule has 3 N–H and O–H groups in total. The SMILES string of the molecule is Cc1ccc(S(=O)(=O)N2CCc3cc(O)c([NH+]([O-])O)cc32)cc1. The van der Waals surface area contributed by atoms with E-state index < -0.39 is 15.2 Å². The second kappa shape index (κ2) is 5.50. The summed E-state index contributed by atoms with van der Waals surface area (Å²) in [5.74, 6) is -0.356. The summed E-state index contributed by atoms with van der Waals surface area (Å²) in [6.07, 6.45) is 0.424. The number of hydrogen-bond donors (Lipinski definition) is 3. The first-order valence-corrected chi connectivity index (χ1v) is 8.43. The Kier molecular flexibility index (Phi) is 3.77. The van der Waals surface area contributed by atoms with E-state index in [0.29, 0.717) is 17.7 Å². The molecule has 0 spiro atoms. The number of rotatable bonds is 3. The Hall–Kier alpha value is -2.13. The van der Waals surface area contributed by atoms with Crippen molar-refractivity contribution < 1.29 is 24.0 Å². The van der Waals surface area contributed by atoms with Crippen LogP contribution in [0.25, 0.3) is 0 Å². The Bertz CT molecular complexity index is 847. The highest BCUT2D eigenvalue weighted by atomic mass is 32.2. The highest BCUT2D eigenvalue weighted by molar-refractivity contribution is 7.92.